The zero-order valence-corrected chi connectivity index (χ0v) is 18.0. The first-order valence-corrected chi connectivity index (χ1v) is 10.8. The highest BCUT2D eigenvalue weighted by Crippen LogP contribution is 2.32. The van der Waals surface area contributed by atoms with Crippen LogP contribution in [-0.2, 0) is 11.2 Å². The highest BCUT2D eigenvalue weighted by molar-refractivity contribution is 8.05. The maximum atomic E-state index is 12.4. The van der Waals surface area contributed by atoms with Gasteiger partial charge in [-0.1, -0.05) is 36.9 Å². The maximum Gasteiger partial charge on any atom is 0.335 e. The van der Waals surface area contributed by atoms with Gasteiger partial charge in [0.1, 0.15) is 11.5 Å². The van der Waals surface area contributed by atoms with E-state index in [1.807, 2.05) is 19.1 Å². The van der Waals surface area contributed by atoms with Crippen molar-refractivity contribution in [3.63, 3.8) is 0 Å². The van der Waals surface area contributed by atoms with E-state index in [1.165, 1.54) is 17.3 Å². The van der Waals surface area contributed by atoms with Crippen LogP contribution in [0.25, 0.3) is 17.4 Å². The van der Waals surface area contributed by atoms with Crippen LogP contribution in [-0.4, -0.2) is 22.5 Å². The molecule has 0 aliphatic carbocycles. The molecule has 0 saturated carbocycles. The van der Waals surface area contributed by atoms with E-state index in [1.54, 1.807) is 36.4 Å². The highest BCUT2D eigenvalue weighted by Gasteiger charge is 2.27. The Morgan fingerprint density at radius 1 is 1.19 bits per heavy atom. The van der Waals surface area contributed by atoms with Crippen molar-refractivity contribution in [2.24, 2.45) is 0 Å². The third-order valence-electron chi connectivity index (χ3n) is 5.04. The zero-order valence-electron chi connectivity index (χ0n) is 17.1. The number of carboxylic acids is 1. The maximum absolute atomic E-state index is 12.4. The number of aryl methyl sites for hydroxylation is 2. The molecular formula is C24H22N2O4S. The van der Waals surface area contributed by atoms with Crippen LogP contribution in [0.15, 0.2) is 63.9 Å². The van der Waals surface area contributed by atoms with Gasteiger partial charge in [-0.2, -0.15) is 0 Å². The summed E-state index contributed by atoms with van der Waals surface area (Å²) in [5.41, 5.74) is 3.74. The molecule has 4 rings (SSSR count). The fourth-order valence-electron chi connectivity index (χ4n) is 3.28. The third-order valence-corrected chi connectivity index (χ3v) is 6.07. The highest BCUT2D eigenvalue weighted by atomic mass is 32.2. The summed E-state index contributed by atoms with van der Waals surface area (Å²) in [4.78, 5) is 24.2. The number of rotatable bonds is 6. The van der Waals surface area contributed by atoms with Gasteiger partial charge in [0.05, 0.1) is 10.5 Å². The van der Waals surface area contributed by atoms with Crippen molar-refractivity contribution in [3.05, 3.63) is 82.0 Å². The Bertz CT molecular complexity index is 1160. The number of anilines is 1. The van der Waals surface area contributed by atoms with Gasteiger partial charge in [-0.3, -0.25) is 4.79 Å². The summed E-state index contributed by atoms with van der Waals surface area (Å²) in [5.74, 6) is -0.0750. The number of aromatic carboxylic acids is 1. The number of hydrogen-bond donors (Lipinski definition) is 3. The van der Waals surface area contributed by atoms with Crippen molar-refractivity contribution in [3.8, 4) is 11.3 Å². The van der Waals surface area contributed by atoms with E-state index < -0.39 is 5.97 Å². The minimum Gasteiger partial charge on any atom is -0.478 e. The second kappa shape index (κ2) is 8.73. The minimum absolute atomic E-state index is 0.172. The van der Waals surface area contributed by atoms with Crippen molar-refractivity contribution >= 4 is 35.4 Å². The van der Waals surface area contributed by atoms with Crippen molar-refractivity contribution in [2.75, 3.05) is 5.32 Å². The molecule has 2 aromatic carbocycles. The summed E-state index contributed by atoms with van der Waals surface area (Å²) in [6.07, 6.45) is 2.68. The molecule has 1 amide bonds. The van der Waals surface area contributed by atoms with Gasteiger partial charge in [0.25, 0.3) is 5.91 Å². The van der Waals surface area contributed by atoms with Gasteiger partial charge in [0.15, 0.2) is 5.50 Å². The molecule has 0 radical (unpaired) electrons. The molecule has 2 heterocycles. The summed E-state index contributed by atoms with van der Waals surface area (Å²) in [5, 5.41) is 15.4. The summed E-state index contributed by atoms with van der Waals surface area (Å²) >= 11 is 1.38. The van der Waals surface area contributed by atoms with Crippen molar-refractivity contribution in [1.82, 2.24) is 5.32 Å². The number of benzene rings is 2. The van der Waals surface area contributed by atoms with Crippen LogP contribution in [0, 0.1) is 6.92 Å². The number of carbonyl (C=O) groups excluding carboxylic acids is 1. The van der Waals surface area contributed by atoms with E-state index in [9.17, 15) is 14.7 Å². The number of nitrogens with one attached hydrogen (secondary N) is 2. The smallest absolute Gasteiger partial charge is 0.335 e. The molecule has 1 aromatic heterocycles. The zero-order chi connectivity index (χ0) is 22.0. The first-order valence-electron chi connectivity index (χ1n) is 9.92. The largest absolute Gasteiger partial charge is 0.478 e. The number of furan rings is 1. The fraction of sp³-hybridized carbons (Fsp3) is 0.167. The average Bonchev–Trinajstić information content (AvgIpc) is 3.35. The van der Waals surface area contributed by atoms with Crippen LogP contribution in [0.4, 0.5) is 5.69 Å². The quantitative estimate of drug-likeness (QED) is 0.467. The fourth-order valence-corrected chi connectivity index (χ4v) is 4.24. The molecule has 1 atom stereocenters. The molecule has 3 N–H and O–H groups in total. The lowest BCUT2D eigenvalue weighted by Gasteiger charge is -2.12. The third kappa shape index (κ3) is 4.67. The number of amides is 1. The standard InChI is InChI=1S/C24H22N2O4S/c1-3-15-5-8-17(9-6-15)25-24-26-22(27)21(31-24)13-18-10-11-20(30-18)19-12-16(23(28)29)7-4-14(19)2/h4-13,24-25H,3H2,1-2H3,(H,26,27)(H,28,29)/b21-13-/t24-/m0/s1. The Morgan fingerprint density at radius 3 is 2.68 bits per heavy atom. The SMILES string of the molecule is CCc1ccc(N[C@H]2NC(=O)/C(=C/c3ccc(-c4cc(C(=O)O)ccc4C)o3)S2)cc1. The van der Waals surface area contributed by atoms with Crippen molar-refractivity contribution in [1.29, 1.82) is 0 Å². The van der Waals surface area contributed by atoms with E-state index in [0.29, 0.717) is 22.0 Å². The first-order chi connectivity index (χ1) is 14.9. The normalized spacial score (nSPS) is 17.0. The second-order valence-corrected chi connectivity index (χ2v) is 8.36. The number of thioether (sulfide) groups is 1. The van der Waals surface area contributed by atoms with Crippen molar-refractivity contribution in [2.45, 2.75) is 25.8 Å². The minimum atomic E-state index is -0.989. The van der Waals surface area contributed by atoms with E-state index in [4.69, 9.17) is 4.42 Å². The Morgan fingerprint density at radius 2 is 1.97 bits per heavy atom. The average molecular weight is 435 g/mol. The molecule has 3 aromatic rings. The summed E-state index contributed by atoms with van der Waals surface area (Å²) in [6.45, 7) is 4.00. The molecule has 0 unspecified atom stereocenters. The lowest BCUT2D eigenvalue weighted by Crippen LogP contribution is -2.30. The predicted octanol–water partition coefficient (Wildman–Crippen LogP) is 5.12. The summed E-state index contributed by atoms with van der Waals surface area (Å²) in [7, 11) is 0. The Kier molecular flexibility index (Phi) is 5.86. The van der Waals surface area contributed by atoms with E-state index in [-0.39, 0.29) is 17.0 Å². The molecule has 6 nitrogen and oxygen atoms in total. The van der Waals surface area contributed by atoms with Crippen molar-refractivity contribution < 1.29 is 19.1 Å². The van der Waals surface area contributed by atoms with Crippen LogP contribution in [0.2, 0.25) is 0 Å². The Balaban J connectivity index is 1.49. The molecule has 0 bridgehead atoms. The van der Waals surface area contributed by atoms with E-state index in [0.717, 1.165) is 17.7 Å². The molecule has 31 heavy (non-hydrogen) atoms. The lowest BCUT2D eigenvalue weighted by atomic mass is 10.0. The topological polar surface area (TPSA) is 91.6 Å². The predicted molar refractivity (Wildman–Crippen MR) is 123 cm³/mol. The van der Waals surface area contributed by atoms with E-state index >= 15 is 0 Å². The van der Waals surface area contributed by atoms with Gasteiger partial charge in [-0.15, -0.1) is 0 Å². The molecule has 7 heteroatoms. The van der Waals surface area contributed by atoms with Gasteiger partial charge >= 0.3 is 5.97 Å². The second-order valence-electron chi connectivity index (χ2n) is 7.21. The molecule has 1 aliphatic heterocycles. The van der Waals surface area contributed by atoms with Gasteiger partial charge in [0.2, 0.25) is 0 Å². The Hall–Kier alpha value is -3.45. The number of carboxylic acid groups (broad SMARTS) is 1. The molecule has 1 saturated heterocycles. The molecule has 158 valence electrons. The first kappa shape index (κ1) is 20.8. The van der Waals surface area contributed by atoms with Gasteiger partial charge in [-0.25, -0.2) is 4.79 Å². The summed E-state index contributed by atoms with van der Waals surface area (Å²) in [6, 6.07) is 16.6. The molecule has 1 aliphatic rings. The van der Waals surface area contributed by atoms with E-state index in [2.05, 4.69) is 29.7 Å². The van der Waals surface area contributed by atoms with Crippen LogP contribution in [0.5, 0.6) is 0 Å². The van der Waals surface area contributed by atoms with Crippen LogP contribution in [0.1, 0.15) is 34.2 Å². The molecular weight excluding hydrogens is 412 g/mol. The van der Waals surface area contributed by atoms with Gasteiger partial charge < -0.3 is 20.2 Å². The molecule has 0 spiro atoms. The van der Waals surface area contributed by atoms with Gasteiger partial charge in [-0.05, 0) is 60.9 Å². The lowest BCUT2D eigenvalue weighted by molar-refractivity contribution is -0.116. The van der Waals surface area contributed by atoms with Gasteiger partial charge in [0, 0.05) is 17.3 Å². The Labute approximate surface area is 184 Å². The molecule has 1 fully saturated rings. The number of carbonyl (C=O) groups is 2. The van der Waals surface area contributed by atoms with Crippen LogP contribution < -0.4 is 10.6 Å². The number of hydrogen-bond acceptors (Lipinski definition) is 5. The van der Waals surface area contributed by atoms with Crippen LogP contribution in [0.3, 0.4) is 0 Å². The monoisotopic (exact) mass is 434 g/mol. The summed E-state index contributed by atoms with van der Waals surface area (Å²) < 4.78 is 5.89. The van der Waals surface area contributed by atoms with Crippen LogP contribution >= 0.6 is 11.8 Å².